The fourth-order valence-electron chi connectivity index (χ4n) is 1.72. The Hall–Kier alpha value is -0.980. The molecule has 0 unspecified atom stereocenters. The maximum Gasteiger partial charge on any atom is 0.233 e. The minimum absolute atomic E-state index is 0. The van der Waals surface area contributed by atoms with Gasteiger partial charge in [-0.15, -0.1) is 12.4 Å². The molecule has 0 saturated heterocycles. The van der Waals surface area contributed by atoms with Gasteiger partial charge in [-0.25, -0.2) is 4.39 Å². The molecule has 0 aliphatic carbocycles. The van der Waals surface area contributed by atoms with Crippen LogP contribution in [0.4, 0.5) is 4.39 Å². The van der Waals surface area contributed by atoms with Crippen LogP contribution in [0.25, 0.3) is 0 Å². The van der Waals surface area contributed by atoms with E-state index in [9.17, 15) is 9.18 Å². The Balaban J connectivity index is 0.00000220. The van der Waals surface area contributed by atoms with Crippen molar-refractivity contribution in [3.63, 3.8) is 0 Å². The minimum Gasteiger partial charge on any atom is -0.363 e. The van der Waals surface area contributed by atoms with E-state index in [0.717, 1.165) is 18.3 Å². The van der Waals surface area contributed by atoms with Crippen LogP contribution in [0.5, 0.6) is 0 Å². The van der Waals surface area contributed by atoms with Gasteiger partial charge in [-0.1, -0.05) is 29.4 Å². The molecule has 116 valence electrons. The summed E-state index contributed by atoms with van der Waals surface area (Å²) in [7, 11) is 1.63. The Kier molecular flexibility index (Phi) is 7.28. The monoisotopic (exact) mass is 351 g/mol. The minimum atomic E-state index is -0.397. The summed E-state index contributed by atoms with van der Waals surface area (Å²) < 4.78 is 13.6. The van der Waals surface area contributed by atoms with Crippen molar-refractivity contribution in [2.24, 2.45) is 4.99 Å². The van der Waals surface area contributed by atoms with Crippen molar-refractivity contribution in [1.29, 1.82) is 0 Å². The Morgan fingerprint density at radius 3 is 2.95 bits per heavy atom. The second-order valence-corrected chi connectivity index (χ2v) is 5.72. The SMILES string of the molecule is CN(Cc1c(F)cccc1Cl)C(=O)CSC1=NCCN1.Cl. The third-order valence-electron chi connectivity index (χ3n) is 2.86. The molecule has 4 nitrogen and oxygen atoms in total. The molecule has 0 atom stereocenters. The van der Waals surface area contributed by atoms with Crippen LogP contribution in [0.15, 0.2) is 23.2 Å². The molecule has 1 aromatic rings. The van der Waals surface area contributed by atoms with Gasteiger partial charge < -0.3 is 10.2 Å². The Bertz CT molecular complexity index is 522. The number of nitrogens with one attached hydrogen (secondary N) is 1. The van der Waals surface area contributed by atoms with E-state index in [4.69, 9.17) is 11.6 Å². The molecule has 1 heterocycles. The molecule has 0 radical (unpaired) electrons. The fourth-order valence-corrected chi connectivity index (χ4v) is 2.81. The number of halogens is 3. The van der Waals surface area contributed by atoms with Crippen molar-refractivity contribution in [2.75, 3.05) is 25.9 Å². The highest BCUT2D eigenvalue weighted by molar-refractivity contribution is 8.14. The Morgan fingerprint density at radius 1 is 1.57 bits per heavy atom. The number of benzene rings is 1. The molecular formula is C13H16Cl2FN3OS. The number of hydrogen-bond acceptors (Lipinski definition) is 4. The number of nitrogens with zero attached hydrogens (tertiary/aromatic N) is 2. The van der Waals surface area contributed by atoms with Crippen molar-refractivity contribution >= 4 is 46.8 Å². The highest BCUT2D eigenvalue weighted by Gasteiger charge is 2.16. The predicted octanol–water partition coefficient (Wildman–Crippen LogP) is 2.55. The highest BCUT2D eigenvalue weighted by Crippen LogP contribution is 2.20. The third-order valence-corrected chi connectivity index (χ3v) is 4.15. The van der Waals surface area contributed by atoms with Crippen molar-refractivity contribution in [3.05, 3.63) is 34.6 Å². The summed E-state index contributed by atoms with van der Waals surface area (Å²) in [6, 6.07) is 4.50. The Labute approximate surface area is 138 Å². The maximum atomic E-state index is 13.6. The lowest BCUT2D eigenvalue weighted by atomic mass is 10.2. The first-order chi connectivity index (χ1) is 9.58. The lowest BCUT2D eigenvalue weighted by Crippen LogP contribution is -2.29. The normalized spacial score (nSPS) is 13.2. The number of amidine groups is 1. The maximum absolute atomic E-state index is 13.6. The molecule has 2 rings (SSSR count). The molecule has 0 aromatic heterocycles. The molecular weight excluding hydrogens is 336 g/mol. The number of amides is 1. The van der Waals surface area contributed by atoms with E-state index in [1.807, 2.05) is 0 Å². The summed E-state index contributed by atoms with van der Waals surface area (Å²) in [4.78, 5) is 17.6. The van der Waals surface area contributed by atoms with Gasteiger partial charge in [0.1, 0.15) is 5.82 Å². The first-order valence-corrected chi connectivity index (χ1v) is 7.52. The van der Waals surface area contributed by atoms with Crippen LogP contribution in [0.1, 0.15) is 5.56 Å². The average molecular weight is 352 g/mol. The van der Waals surface area contributed by atoms with Crippen LogP contribution in [0.3, 0.4) is 0 Å². The lowest BCUT2D eigenvalue weighted by molar-refractivity contribution is -0.127. The van der Waals surface area contributed by atoms with Gasteiger partial charge in [0.05, 0.1) is 12.3 Å². The molecule has 0 bridgehead atoms. The van der Waals surface area contributed by atoms with Gasteiger partial charge in [-0.3, -0.25) is 9.79 Å². The summed E-state index contributed by atoms with van der Waals surface area (Å²) >= 11 is 7.31. The largest absolute Gasteiger partial charge is 0.363 e. The van der Waals surface area contributed by atoms with Crippen LogP contribution in [-0.4, -0.2) is 41.9 Å². The topological polar surface area (TPSA) is 44.7 Å². The van der Waals surface area contributed by atoms with Crippen LogP contribution < -0.4 is 5.32 Å². The van der Waals surface area contributed by atoms with Gasteiger partial charge in [-0.2, -0.15) is 0 Å². The Morgan fingerprint density at radius 2 is 2.33 bits per heavy atom. The van der Waals surface area contributed by atoms with Gasteiger partial charge in [0.15, 0.2) is 5.17 Å². The molecule has 1 aromatic carbocycles. The van der Waals surface area contributed by atoms with Crippen molar-refractivity contribution in [3.8, 4) is 0 Å². The molecule has 8 heteroatoms. The molecule has 1 aliphatic heterocycles. The van der Waals surface area contributed by atoms with Crippen LogP contribution in [0.2, 0.25) is 5.02 Å². The first kappa shape index (κ1) is 18.1. The van der Waals surface area contributed by atoms with E-state index in [-0.39, 0.29) is 30.6 Å². The zero-order valence-electron chi connectivity index (χ0n) is 11.4. The predicted molar refractivity (Wildman–Crippen MR) is 87.9 cm³/mol. The second-order valence-electron chi connectivity index (χ2n) is 4.35. The van der Waals surface area contributed by atoms with E-state index < -0.39 is 5.82 Å². The average Bonchev–Trinajstić information content (AvgIpc) is 2.93. The number of hydrogen-bond donors (Lipinski definition) is 1. The van der Waals surface area contributed by atoms with Crippen molar-refractivity contribution in [2.45, 2.75) is 6.54 Å². The van der Waals surface area contributed by atoms with Gasteiger partial charge in [-0.05, 0) is 12.1 Å². The summed E-state index contributed by atoms with van der Waals surface area (Å²) in [6.45, 7) is 1.72. The number of thioether (sulfide) groups is 1. The van der Waals surface area contributed by atoms with Crippen molar-refractivity contribution in [1.82, 2.24) is 10.2 Å². The summed E-state index contributed by atoms with van der Waals surface area (Å²) in [5.41, 5.74) is 0.339. The zero-order chi connectivity index (χ0) is 14.5. The van der Waals surface area contributed by atoms with E-state index in [2.05, 4.69) is 10.3 Å². The third kappa shape index (κ3) is 5.05. The lowest BCUT2D eigenvalue weighted by Gasteiger charge is -2.18. The van der Waals surface area contributed by atoms with Gasteiger partial charge in [0.2, 0.25) is 5.91 Å². The van der Waals surface area contributed by atoms with E-state index in [1.54, 1.807) is 19.2 Å². The van der Waals surface area contributed by atoms with E-state index in [0.29, 0.717) is 10.6 Å². The fraction of sp³-hybridized carbons (Fsp3) is 0.385. The molecule has 0 saturated carbocycles. The summed E-state index contributed by atoms with van der Waals surface area (Å²) in [6.07, 6.45) is 0. The molecule has 1 aliphatic rings. The number of rotatable bonds is 4. The molecule has 1 N–H and O–H groups in total. The molecule has 1 amide bonds. The number of carbonyl (C=O) groups is 1. The van der Waals surface area contributed by atoms with E-state index >= 15 is 0 Å². The molecule has 0 fully saturated rings. The van der Waals surface area contributed by atoms with E-state index in [1.165, 1.54) is 22.7 Å². The summed E-state index contributed by atoms with van der Waals surface area (Å²) in [5.74, 6) is -0.216. The van der Waals surface area contributed by atoms with Gasteiger partial charge >= 0.3 is 0 Å². The van der Waals surface area contributed by atoms with Gasteiger partial charge in [0.25, 0.3) is 0 Å². The number of aliphatic imine (C=N–C) groups is 1. The van der Waals surface area contributed by atoms with Crippen molar-refractivity contribution < 1.29 is 9.18 Å². The molecule has 0 spiro atoms. The quantitative estimate of drug-likeness (QED) is 0.906. The first-order valence-electron chi connectivity index (χ1n) is 6.16. The smallest absolute Gasteiger partial charge is 0.233 e. The van der Waals surface area contributed by atoms with Gasteiger partial charge in [0, 0.05) is 30.7 Å². The van der Waals surface area contributed by atoms with Crippen LogP contribution in [-0.2, 0) is 11.3 Å². The molecule has 21 heavy (non-hydrogen) atoms. The zero-order valence-corrected chi connectivity index (χ0v) is 13.8. The van der Waals surface area contributed by atoms with Crippen LogP contribution in [0, 0.1) is 5.82 Å². The summed E-state index contributed by atoms with van der Waals surface area (Å²) in [5, 5.41) is 4.20. The van der Waals surface area contributed by atoms with Crippen LogP contribution >= 0.6 is 35.8 Å². The second kappa shape index (κ2) is 8.46. The highest BCUT2D eigenvalue weighted by atomic mass is 35.5. The standard InChI is InChI=1S/C13H15ClFN3OS.ClH/c1-18(7-9-10(14)3-2-4-11(9)15)12(19)8-20-13-16-5-6-17-13;/h2-4H,5-8H2,1H3,(H,16,17);1H. The number of carbonyl (C=O) groups excluding carboxylic acids is 1.